The normalized spacial score (nSPS) is 11.0. The Morgan fingerprint density at radius 1 is 1.13 bits per heavy atom. The first-order chi connectivity index (χ1) is 18.7. The van der Waals surface area contributed by atoms with Crippen LogP contribution < -0.4 is 17.0 Å². The molecule has 3 aromatic rings. The van der Waals surface area contributed by atoms with E-state index in [9.17, 15) is 19.2 Å². The molecule has 0 unspecified atom stereocenters. The molecule has 0 saturated carbocycles. The van der Waals surface area contributed by atoms with E-state index in [1.807, 2.05) is 4.57 Å². The summed E-state index contributed by atoms with van der Waals surface area (Å²) in [7, 11) is 0. The summed E-state index contributed by atoms with van der Waals surface area (Å²) < 4.78 is 3.03. The monoisotopic (exact) mass is 575 g/mol. The van der Waals surface area contributed by atoms with E-state index in [-0.39, 0.29) is 18.4 Å². The molecule has 0 fully saturated rings. The summed E-state index contributed by atoms with van der Waals surface area (Å²) in [5.74, 6) is 1.80. The van der Waals surface area contributed by atoms with Gasteiger partial charge in [0.2, 0.25) is 11.8 Å². The van der Waals surface area contributed by atoms with E-state index in [4.69, 9.17) is 5.73 Å². The highest BCUT2D eigenvalue weighted by atomic mass is 32.2. The number of nitrogens with zero attached hydrogens (tertiary/aromatic N) is 7. The number of nitrogens with one attached hydrogen (secondary N) is 1. The Hall–Kier alpha value is -3.59. The minimum atomic E-state index is -0.630. The van der Waals surface area contributed by atoms with Crippen LogP contribution >= 0.6 is 24.4 Å². The smallest absolute Gasteiger partial charge is 0.328 e. The number of aryl methyl sites for hydroxylation is 1. The van der Waals surface area contributed by atoms with Gasteiger partial charge in [0.05, 0.1) is 6.33 Å². The van der Waals surface area contributed by atoms with Crippen LogP contribution in [0.25, 0.3) is 11.2 Å². The minimum absolute atomic E-state index is 0.0157. The molecule has 2 amide bonds. The van der Waals surface area contributed by atoms with Gasteiger partial charge in [0.25, 0.3) is 5.56 Å². The molecule has 0 saturated heterocycles. The van der Waals surface area contributed by atoms with Crippen LogP contribution in [-0.4, -0.2) is 94.1 Å². The quantitative estimate of drug-likeness (QED) is 0.130. The predicted molar refractivity (Wildman–Crippen MR) is 155 cm³/mol. The molecule has 39 heavy (non-hydrogen) atoms. The van der Waals surface area contributed by atoms with Gasteiger partial charge in [-0.25, -0.2) is 19.7 Å². The number of nitrogens with two attached hydrogens (primary N) is 1. The highest BCUT2D eigenvalue weighted by molar-refractivity contribution is 7.99. The Labute approximate surface area is 234 Å². The van der Waals surface area contributed by atoms with E-state index in [2.05, 4.69) is 39.1 Å². The second kappa shape index (κ2) is 14.5. The summed E-state index contributed by atoms with van der Waals surface area (Å²) in [6.07, 6.45) is 6.37. The fourth-order valence-electron chi connectivity index (χ4n) is 3.82. The highest BCUT2D eigenvalue weighted by Gasteiger charge is 2.16. The Morgan fingerprint density at radius 3 is 2.67 bits per heavy atom. The second-order valence-corrected chi connectivity index (χ2v) is 10.3. The number of fused-ring (bicyclic) bond motifs is 1. The summed E-state index contributed by atoms with van der Waals surface area (Å²) in [4.78, 5) is 67.2. The molecule has 0 spiro atoms. The maximum absolute atomic E-state index is 12.9. The number of imidazole rings is 1. The summed E-state index contributed by atoms with van der Waals surface area (Å²) in [5, 5.41) is 0. The van der Waals surface area contributed by atoms with E-state index in [0.717, 1.165) is 0 Å². The third kappa shape index (κ3) is 8.20. The van der Waals surface area contributed by atoms with Crippen molar-refractivity contribution < 1.29 is 9.59 Å². The molecule has 3 heterocycles. The maximum Gasteiger partial charge on any atom is 0.328 e. The molecule has 210 valence electrons. The Kier molecular flexibility index (Phi) is 11.2. The van der Waals surface area contributed by atoms with Crippen molar-refractivity contribution in [1.82, 2.24) is 38.9 Å². The number of aromatic amines is 1. The number of hydrogen-bond acceptors (Lipinski definition) is 10. The van der Waals surface area contributed by atoms with Crippen LogP contribution in [0.4, 0.5) is 5.82 Å². The number of aromatic nitrogens is 6. The SMILES string of the molecule is C=CCN(CCSCCC(=O)N(CCS)CCn1cnc2c(N)ncnc21)C(=O)Cn1cc(C)c(=O)[nH]c1=O. The average molecular weight is 576 g/mol. The van der Waals surface area contributed by atoms with Gasteiger partial charge >= 0.3 is 5.69 Å². The fraction of sp³-hybridized carbons (Fsp3) is 0.458. The first-order valence-corrected chi connectivity index (χ1v) is 14.1. The molecule has 0 aromatic carbocycles. The topological polar surface area (TPSA) is 165 Å². The van der Waals surface area contributed by atoms with Crippen molar-refractivity contribution in [3.63, 3.8) is 0 Å². The molecule has 0 bridgehead atoms. The number of nitrogen functional groups attached to an aromatic ring is 1. The number of anilines is 1. The molecule has 0 aliphatic rings. The Morgan fingerprint density at radius 2 is 1.92 bits per heavy atom. The number of thioether (sulfide) groups is 1. The molecule has 0 aliphatic carbocycles. The lowest BCUT2D eigenvalue weighted by atomic mass is 10.3. The van der Waals surface area contributed by atoms with Crippen LogP contribution in [-0.2, 0) is 22.7 Å². The van der Waals surface area contributed by atoms with Crippen LogP contribution in [0.2, 0.25) is 0 Å². The van der Waals surface area contributed by atoms with E-state index in [1.54, 1.807) is 40.9 Å². The maximum atomic E-state index is 12.9. The predicted octanol–water partition coefficient (Wildman–Crippen LogP) is 0.163. The lowest BCUT2D eigenvalue weighted by molar-refractivity contribution is -0.131. The first kappa shape index (κ1) is 30.0. The van der Waals surface area contributed by atoms with Crippen LogP contribution in [0.1, 0.15) is 12.0 Å². The highest BCUT2D eigenvalue weighted by Crippen LogP contribution is 2.14. The second-order valence-electron chi connectivity index (χ2n) is 8.66. The standard InChI is InChI=1S/C24H33N9O4S2/c1-3-5-30(19(35)14-33-13-17(2)23(36)29-24(33)37)9-12-39-11-4-18(34)31(8-10-38)6-7-32-16-28-20-21(25)26-15-27-22(20)32/h3,13,15-16,38H,1,4-12,14H2,2H3,(H2,25,26,27)(H,29,36,37). The van der Waals surface area contributed by atoms with Crippen molar-refractivity contribution in [2.24, 2.45) is 0 Å². The van der Waals surface area contributed by atoms with Gasteiger partial charge in [0.15, 0.2) is 11.5 Å². The number of carbonyl (C=O) groups is 2. The first-order valence-electron chi connectivity index (χ1n) is 12.3. The molecule has 3 N–H and O–H groups in total. The van der Waals surface area contributed by atoms with E-state index >= 15 is 0 Å². The summed E-state index contributed by atoms with van der Waals surface area (Å²) in [5.41, 5.74) is 6.25. The minimum Gasteiger partial charge on any atom is -0.382 e. The molecular formula is C24H33N9O4S2. The van der Waals surface area contributed by atoms with E-state index in [0.29, 0.717) is 78.9 Å². The molecule has 3 rings (SSSR count). The molecular weight excluding hydrogens is 542 g/mol. The van der Waals surface area contributed by atoms with E-state index < -0.39 is 11.2 Å². The zero-order chi connectivity index (χ0) is 28.4. The molecule has 0 atom stereocenters. The number of carbonyl (C=O) groups excluding carboxylic acids is 2. The zero-order valence-corrected chi connectivity index (χ0v) is 23.5. The van der Waals surface area contributed by atoms with Gasteiger partial charge in [-0.15, -0.1) is 6.58 Å². The van der Waals surface area contributed by atoms with E-state index in [1.165, 1.54) is 17.1 Å². The Bertz CT molecular complexity index is 1420. The zero-order valence-electron chi connectivity index (χ0n) is 21.8. The Balaban J connectivity index is 1.46. The van der Waals surface area contributed by atoms with Crippen molar-refractivity contribution in [3.05, 3.63) is 57.9 Å². The number of thiol groups is 1. The summed E-state index contributed by atoms with van der Waals surface area (Å²) >= 11 is 5.86. The van der Waals surface area contributed by atoms with Gasteiger partial charge in [-0.05, 0) is 6.92 Å². The third-order valence-electron chi connectivity index (χ3n) is 5.93. The molecule has 0 aliphatic heterocycles. The largest absolute Gasteiger partial charge is 0.382 e. The van der Waals surface area contributed by atoms with Crippen LogP contribution in [0.3, 0.4) is 0 Å². The van der Waals surface area contributed by atoms with Gasteiger partial charge in [0.1, 0.15) is 18.4 Å². The summed E-state index contributed by atoms with van der Waals surface area (Å²) in [6, 6.07) is 0. The number of rotatable bonds is 15. The van der Waals surface area contributed by atoms with Crippen molar-refractivity contribution in [1.29, 1.82) is 0 Å². The molecule has 0 radical (unpaired) electrons. The molecule has 15 heteroatoms. The number of amides is 2. The van der Waals surface area contributed by atoms with Crippen molar-refractivity contribution >= 4 is 53.2 Å². The van der Waals surface area contributed by atoms with Gasteiger partial charge in [0, 0.05) is 68.2 Å². The van der Waals surface area contributed by atoms with Gasteiger partial charge in [-0.2, -0.15) is 24.4 Å². The van der Waals surface area contributed by atoms with Crippen molar-refractivity contribution in [3.8, 4) is 0 Å². The van der Waals surface area contributed by atoms with Gasteiger partial charge in [-0.1, -0.05) is 6.08 Å². The lowest BCUT2D eigenvalue weighted by Gasteiger charge is -2.23. The number of hydrogen-bond donors (Lipinski definition) is 3. The third-order valence-corrected chi connectivity index (χ3v) is 7.09. The van der Waals surface area contributed by atoms with Crippen molar-refractivity contribution in [2.75, 3.05) is 49.2 Å². The fourth-order valence-corrected chi connectivity index (χ4v) is 4.94. The summed E-state index contributed by atoms with van der Waals surface area (Å²) in [6.45, 7) is 7.35. The van der Waals surface area contributed by atoms with Gasteiger partial charge in [-0.3, -0.25) is 23.9 Å². The number of H-pyrrole nitrogens is 1. The van der Waals surface area contributed by atoms with Gasteiger partial charge < -0.3 is 20.1 Å². The van der Waals surface area contributed by atoms with Crippen LogP contribution in [0, 0.1) is 6.92 Å². The molecule has 3 aromatic heterocycles. The van der Waals surface area contributed by atoms with Crippen molar-refractivity contribution in [2.45, 2.75) is 26.4 Å². The average Bonchev–Trinajstić information content (AvgIpc) is 3.33. The molecule has 13 nitrogen and oxygen atoms in total. The van der Waals surface area contributed by atoms with Crippen LogP contribution in [0.5, 0.6) is 0 Å². The van der Waals surface area contributed by atoms with Crippen LogP contribution in [0.15, 0.2) is 41.1 Å². The lowest BCUT2D eigenvalue weighted by Crippen LogP contribution is -2.40.